The molecule has 0 aromatic heterocycles. The van der Waals surface area contributed by atoms with E-state index in [-0.39, 0.29) is 0 Å². The van der Waals surface area contributed by atoms with E-state index in [0.29, 0.717) is 0 Å². The van der Waals surface area contributed by atoms with Crippen molar-refractivity contribution in [3.8, 4) is 0 Å². The van der Waals surface area contributed by atoms with Crippen molar-refractivity contribution in [3.05, 3.63) is 34.9 Å². The molecular formula is C28H46. The largest absolute Gasteiger partial charge is 0.0654 e. The fourth-order valence-corrected chi connectivity index (χ4v) is 5.85. The van der Waals surface area contributed by atoms with Crippen LogP contribution < -0.4 is 0 Å². The number of fused-ring (bicyclic) bond motifs is 1. The van der Waals surface area contributed by atoms with Gasteiger partial charge in [0.15, 0.2) is 0 Å². The summed E-state index contributed by atoms with van der Waals surface area (Å²) in [6.07, 6.45) is 24.3. The Kier molecular flexibility index (Phi) is 9.42. The van der Waals surface area contributed by atoms with Gasteiger partial charge in [-0.1, -0.05) is 96.3 Å². The third kappa shape index (κ3) is 6.64. The number of rotatable bonds is 11. The highest BCUT2D eigenvalue weighted by molar-refractivity contribution is 5.36. The Bertz CT molecular complexity index is 549. The van der Waals surface area contributed by atoms with Gasteiger partial charge < -0.3 is 0 Å². The molecule has 1 fully saturated rings. The molecule has 1 aromatic carbocycles. The molecule has 0 N–H and O–H groups in total. The number of hydrogen-bond donors (Lipinski definition) is 0. The number of benzene rings is 1. The van der Waals surface area contributed by atoms with Crippen molar-refractivity contribution < 1.29 is 0 Å². The summed E-state index contributed by atoms with van der Waals surface area (Å²) in [7, 11) is 0. The van der Waals surface area contributed by atoms with Crippen LogP contribution in [0.15, 0.2) is 18.2 Å². The van der Waals surface area contributed by atoms with E-state index in [1.165, 1.54) is 109 Å². The molecule has 0 spiro atoms. The number of hydrogen-bond acceptors (Lipinski definition) is 0. The van der Waals surface area contributed by atoms with Crippen LogP contribution in [0.2, 0.25) is 0 Å². The molecule has 0 aliphatic heterocycles. The fourth-order valence-electron chi connectivity index (χ4n) is 5.85. The first-order valence-corrected chi connectivity index (χ1v) is 12.9. The molecule has 3 rings (SSSR count). The van der Waals surface area contributed by atoms with Gasteiger partial charge in [-0.2, -0.15) is 0 Å². The highest BCUT2D eigenvalue weighted by Gasteiger charge is 2.24. The average molecular weight is 383 g/mol. The third-order valence-electron chi connectivity index (χ3n) is 7.81. The van der Waals surface area contributed by atoms with Gasteiger partial charge in [0, 0.05) is 0 Å². The Labute approximate surface area is 175 Å². The van der Waals surface area contributed by atoms with Crippen LogP contribution in [-0.2, 0) is 12.8 Å². The second kappa shape index (κ2) is 12.0. The minimum Gasteiger partial charge on any atom is -0.0654 e. The van der Waals surface area contributed by atoms with Gasteiger partial charge in [0.05, 0.1) is 0 Å². The molecule has 158 valence electrons. The van der Waals surface area contributed by atoms with E-state index in [1.807, 2.05) is 0 Å². The lowest BCUT2D eigenvalue weighted by Gasteiger charge is -2.30. The zero-order valence-corrected chi connectivity index (χ0v) is 19.0. The summed E-state index contributed by atoms with van der Waals surface area (Å²) in [5.41, 5.74) is 5.05. The van der Waals surface area contributed by atoms with Gasteiger partial charge in [0.1, 0.15) is 0 Å². The molecule has 0 nitrogen and oxygen atoms in total. The summed E-state index contributed by atoms with van der Waals surface area (Å²) in [5.74, 6) is 2.83. The first kappa shape index (κ1) is 21.9. The first-order chi connectivity index (χ1) is 13.8. The maximum absolute atomic E-state index is 2.62. The molecule has 1 unspecified atom stereocenters. The summed E-state index contributed by atoms with van der Waals surface area (Å²) in [5, 5.41) is 0. The topological polar surface area (TPSA) is 0 Å². The van der Waals surface area contributed by atoms with Crippen LogP contribution in [0, 0.1) is 11.8 Å². The molecule has 0 saturated heterocycles. The van der Waals surface area contributed by atoms with Crippen molar-refractivity contribution in [1.29, 1.82) is 0 Å². The van der Waals surface area contributed by atoms with Crippen LogP contribution >= 0.6 is 0 Å². The maximum Gasteiger partial charge on any atom is -0.0162 e. The van der Waals surface area contributed by atoms with Gasteiger partial charge in [-0.25, -0.2) is 0 Å². The predicted molar refractivity (Wildman–Crippen MR) is 124 cm³/mol. The second-order valence-electron chi connectivity index (χ2n) is 10.1. The summed E-state index contributed by atoms with van der Waals surface area (Å²) in [6, 6.07) is 7.64. The minimum atomic E-state index is 0.851. The van der Waals surface area contributed by atoms with Gasteiger partial charge in [0.25, 0.3) is 0 Å². The molecular weight excluding hydrogens is 336 g/mol. The molecule has 1 atom stereocenters. The molecule has 28 heavy (non-hydrogen) atoms. The number of aryl methyl sites for hydroxylation is 1. The maximum atomic E-state index is 2.62. The zero-order valence-electron chi connectivity index (χ0n) is 19.0. The Balaban J connectivity index is 1.44. The van der Waals surface area contributed by atoms with Crippen molar-refractivity contribution in [1.82, 2.24) is 0 Å². The molecule has 0 amide bonds. The van der Waals surface area contributed by atoms with E-state index in [1.54, 1.807) is 16.7 Å². The zero-order chi connectivity index (χ0) is 19.6. The van der Waals surface area contributed by atoms with Crippen molar-refractivity contribution >= 4 is 0 Å². The predicted octanol–water partition coefficient (Wildman–Crippen LogP) is 9.01. The van der Waals surface area contributed by atoms with Crippen LogP contribution in [0.4, 0.5) is 0 Å². The van der Waals surface area contributed by atoms with Crippen LogP contribution in [0.5, 0.6) is 0 Å². The van der Waals surface area contributed by atoms with Crippen LogP contribution in [0.3, 0.4) is 0 Å². The summed E-state index contributed by atoms with van der Waals surface area (Å²) < 4.78 is 0. The molecule has 2 aliphatic carbocycles. The van der Waals surface area contributed by atoms with Crippen LogP contribution in [-0.4, -0.2) is 0 Å². The molecule has 0 heteroatoms. The second-order valence-corrected chi connectivity index (χ2v) is 10.1. The molecule has 1 saturated carbocycles. The van der Waals surface area contributed by atoms with Crippen molar-refractivity contribution in [2.24, 2.45) is 11.8 Å². The van der Waals surface area contributed by atoms with E-state index in [9.17, 15) is 0 Å². The van der Waals surface area contributed by atoms with Crippen molar-refractivity contribution in [2.45, 2.75) is 129 Å². The number of unbranched alkanes of at least 4 members (excludes halogenated alkanes) is 6. The van der Waals surface area contributed by atoms with Crippen LogP contribution in [0.25, 0.3) is 0 Å². The first-order valence-electron chi connectivity index (χ1n) is 12.9. The highest BCUT2D eigenvalue weighted by Crippen LogP contribution is 2.39. The van der Waals surface area contributed by atoms with E-state index >= 15 is 0 Å². The standard InChI is InChI=1S/C28H46/c1-3-5-7-9-11-23-13-16-25(17-14-23)27-20-19-26-21-24(12-10-8-6-4-2)15-18-28(26)22-27/h19-20,22-25H,3-18,21H2,1-2H3. The van der Waals surface area contributed by atoms with Gasteiger partial charge in [-0.05, 0) is 79.4 Å². The van der Waals surface area contributed by atoms with E-state index in [0.717, 1.165) is 17.8 Å². The Hall–Kier alpha value is -0.780. The van der Waals surface area contributed by atoms with Gasteiger partial charge in [-0.15, -0.1) is 0 Å². The fraction of sp³-hybridized carbons (Fsp3) is 0.786. The summed E-state index contributed by atoms with van der Waals surface area (Å²) in [6.45, 7) is 4.63. The monoisotopic (exact) mass is 382 g/mol. The highest BCUT2D eigenvalue weighted by atomic mass is 14.3. The Morgan fingerprint density at radius 1 is 0.679 bits per heavy atom. The smallest absolute Gasteiger partial charge is 0.0162 e. The SMILES string of the molecule is CCCCCCC1CCC(c2ccc3c(c2)CCC(CCCCCC)C3)CC1. The molecule has 0 radical (unpaired) electrons. The van der Waals surface area contributed by atoms with Gasteiger partial charge in [0.2, 0.25) is 0 Å². The van der Waals surface area contributed by atoms with Gasteiger partial charge in [-0.3, -0.25) is 0 Å². The van der Waals surface area contributed by atoms with E-state index in [2.05, 4.69) is 32.0 Å². The third-order valence-corrected chi connectivity index (χ3v) is 7.81. The molecule has 0 bridgehead atoms. The van der Waals surface area contributed by atoms with Gasteiger partial charge >= 0.3 is 0 Å². The Morgan fingerprint density at radius 3 is 2.04 bits per heavy atom. The van der Waals surface area contributed by atoms with E-state index < -0.39 is 0 Å². The Morgan fingerprint density at radius 2 is 1.36 bits per heavy atom. The lowest BCUT2D eigenvalue weighted by atomic mass is 9.75. The lowest BCUT2D eigenvalue weighted by Crippen LogP contribution is -2.16. The normalized spacial score (nSPS) is 24.9. The lowest BCUT2D eigenvalue weighted by molar-refractivity contribution is 0.302. The quantitative estimate of drug-likeness (QED) is 0.335. The molecule has 1 aromatic rings. The summed E-state index contributed by atoms with van der Waals surface area (Å²) in [4.78, 5) is 0. The van der Waals surface area contributed by atoms with Crippen LogP contribution in [0.1, 0.15) is 133 Å². The van der Waals surface area contributed by atoms with Crippen molar-refractivity contribution in [3.63, 3.8) is 0 Å². The summed E-state index contributed by atoms with van der Waals surface area (Å²) >= 11 is 0. The minimum absolute atomic E-state index is 0.851. The average Bonchev–Trinajstić information content (AvgIpc) is 2.74. The molecule has 2 aliphatic rings. The van der Waals surface area contributed by atoms with Crippen molar-refractivity contribution in [2.75, 3.05) is 0 Å². The molecule has 0 heterocycles. The van der Waals surface area contributed by atoms with E-state index in [4.69, 9.17) is 0 Å².